The van der Waals surface area contributed by atoms with Crippen LogP contribution in [0, 0.1) is 0 Å². The van der Waals surface area contributed by atoms with Gasteiger partial charge in [-0.3, -0.25) is 4.79 Å². The molecule has 0 aliphatic heterocycles. The van der Waals surface area contributed by atoms with Crippen LogP contribution in [0.5, 0.6) is 5.75 Å². The van der Waals surface area contributed by atoms with E-state index in [1.165, 1.54) is 19.1 Å². The number of hydrogen-bond acceptors (Lipinski definition) is 3. The van der Waals surface area contributed by atoms with Crippen molar-refractivity contribution >= 4 is 28.1 Å². The largest absolute Gasteiger partial charge is 0.480 e. The van der Waals surface area contributed by atoms with Gasteiger partial charge in [0.1, 0.15) is 5.75 Å². The number of halogens is 4. The first-order valence-corrected chi connectivity index (χ1v) is 7.98. The number of para-hydroxylation sites is 1. The van der Waals surface area contributed by atoms with Gasteiger partial charge in [0.05, 0.1) is 16.3 Å². The van der Waals surface area contributed by atoms with Gasteiger partial charge in [-0.15, -0.1) is 0 Å². The maximum Gasteiger partial charge on any atom is 0.416 e. The molecule has 4 nitrogen and oxygen atoms in total. The Morgan fingerprint density at radius 1 is 1.24 bits per heavy atom. The van der Waals surface area contributed by atoms with Gasteiger partial charge in [0.15, 0.2) is 6.10 Å². The van der Waals surface area contributed by atoms with Crippen molar-refractivity contribution in [2.24, 2.45) is 5.10 Å². The summed E-state index contributed by atoms with van der Waals surface area (Å²) in [6.07, 6.45) is -4.13. The van der Waals surface area contributed by atoms with E-state index in [1.54, 1.807) is 24.3 Å². The number of hydrogen-bond donors (Lipinski definition) is 1. The Kier molecular flexibility index (Phi) is 6.19. The SMILES string of the molecule is C[C@H](Oc1ccccc1Br)C(=O)N/N=C\c1cccc(C(F)(F)F)c1. The van der Waals surface area contributed by atoms with Crippen LogP contribution in [0.3, 0.4) is 0 Å². The number of alkyl halides is 3. The van der Waals surface area contributed by atoms with E-state index in [1.807, 2.05) is 0 Å². The summed E-state index contributed by atoms with van der Waals surface area (Å²) in [4.78, 5) is 11.9. The first kappa shape index (κ1) is 19.0. The van der Waals surface area contributed by atoms with E-state index < -0.39 is 23.8 Å². The Balaban J connectivity index is 1.95. The highest BCUT2D eigenvalue weighted by Gasteiger charge is 2.30. The molecule has 2 aromatic rings. The van der Waals surface area contributed by atoms with Crippen molar-refractivity contribution in [3.8, 4) is 5.75 Å². The molecule has 0 aliphatic carbocycles. The summed E-state index contributed by atoms with van der Waals surface area (Å²) in [6, 6.07) is 11.7. The number of carbonyl (C=O) groups is 1. The fourth-order valence-corrected chi connectivity index (χ4v) is 2.22. The summed E-state index contributed by atoms with van der Waals surface area (Å²) >= 11 is 3.30. The topological polar surface area (TPSA) is 50.7 Å². The predicted octanol–water partition coefficient (Wildman–Crippen LogP) is 4.39. The van der Waals surface area contributed by atoms with Crippen LogP contribution in [0.4, 0.5) is 13.2 Å². The van der Waals surface area contributed by atoms with Gasteiger partial charge in [0.2, 0.25) is 0 Å². The third-order valence-electron chi connectivity index (χ3n) is 3.11. The maximum atomic E-state index is 12.6. The van der Waals surface area contributed by atoms with E-state index in [0.717, 1.165) is 18.3 Å². The van der Waals surface area contributed by atoms with Gasteiger partial charge in [-0.25, -0.2) is 5.43 Å². The van der Waals surface area contributed by atoms with Crippen LogP contribution in [0.25, 0.3) is 0 Å². The average molecular weight is 415 g/mol. The summed E-state index contributed by atoms with van der Waals surface area (Å²) in [5.41, 5.74) is 1.67. The van der Waals surface area contributed by atoms with Crippen molar-refractivity contribution in [3.05, 3.63) is 64.1 Å². The standard InChI is InChI=1S/C17H14BrF3N2O2/c1-11(25-15-8-3-2-7-14(15)18)16(24)23-22-10-12-5-4-6-13(9-12)17(19,20)21/h2-11H,1H3,(H,23,24)/b22-10-/t11-/m0/s1. The Labute approximate surface area is 150 Å². The van der Waals surface area contributed by atoms with Crippen molar-refractivity contribution in [2.45, 2.75) is 19.2 Å². The van der Waals surface area contributed by atoms with Gasteiger partial charge in [0, 0.05) is 0 Å². The molecular formula is C17H14BrF3N2O2. The third-order valence-corrected chi connectivity index (χ3v) is 3.77. The number of ether oxygens (including phenoxy) is 1. The Hall–Kier alpha value is -2.35. The number of hydrazone groups is 1. The van der Waals surface area contributed by atoms with Gasteiger partial charge in [-0.05, 0) is 52.7 Å². The Bertz CT molecular complexity index is 778. The van der Waals surface area contributed by atoms with Gasteiger partial charge < -0.3 is 4.74 Å². The zero-order valence-electron chi connectivity index (χ0n) is 13.0. The fraction of sp³-hybridized carbons (Fsp3) is 0.176. The lowest BCUT2D eigenvalue weighted by atomic mass is 10.1. The molecule has 0 radical (unpaired) electrons. The first-order chi connectivity index (χ1) is 11.8. The van der Waals surface area contributed by atoms with Crippen molar-refractivity contribution in [1.29, 1.82) is 0 Å². The van der Waals surface area contributed by atoms with Crippen molar-refractivity contribution < 1.29 is 22.7 Å². The molecule has 1 amide bonds. The van der Waals surface area contributed by atoms with Crippen LogP contribution < -0.4 is 10.2 Å². The Morgan fingerprint density at radius 3 is 2.64 bits per heavy atom. The smallest absolute Gasteiger partial charge is 0.416 e. The van der Waals surface area contributed by atoms with Crippen LogP contribution in [-0.4, -0.2) is 18.2 Å². The van der Waals surface area contributed by atoms with Crippen LogP contribution in [0.2, 0.25) is 0 Å². The second-order valence-corrected chi connectivity index (χ2v) is 5.90. The molecule has 0 saturated heterocycles. The minimum atomic E-state index is -4.43. The number of nitrogens with one attached hydrogen (secondary N) is 1. The van der Waals surface area contributed by atoms with Gasteiger partial charge >= 0.3 is 6.18 Å². The number of benzene rings is 2. The summed E-state index contributed by atoms with van der Waals surface area (Å²) in [6.45, 7) is 1.54. The van der Waals surface area contributed by atoms with Crippen LogP contribution in [0.1, 0.15) is 18.1 Å². The molecule has 2 aromatic carbocycles. The number of amides is 1. The summed E-state index contributed by atoms with van der Waals surface area (Å²) in [5.74, 6) is -0.0361. The summed E-state index contributed by atoms with van der Waals surface area (Å²) in [7, 11) is 0. The van der Waals surface area contributed by atoms with E-state index in [0.29, 0.717) is 10.2 Å². The molecule has 0 bridgehead atoms. The highest BCUT2D eigenvalue weighted by Crippen LogP contribution is 2.29. The molecule has 25 heavy (non-hydrogen) atoms. The lowest BCUT2D eigenvalue weighted by Crippen LogP contribution is -2.33. The molecule has 0 fully saturated rings. The van der Waals surface area contributed by atoms with Gasteiger partial charge in [-0.1, -0.05) is 24.3 Å². The van der Waals surface area contributed by atoms with Crippen LogP contribution >= 0.6 is 15.9 Å². The van der Waals surface area contributed by atoms with Crippen molar-refractivity contribution in [1.82, 2.24) is 5.43 Å². The molecule has 132 valence electrons. The second kappa shape index (κ2) is 8.15. The van der Waals surface area contributed by atoms with Gasteiger partial charge in [0.25, 0.3) is 5.91 Å². The van der Waals surface area contributed by atoms with Crippen molar-refractivity contribution in [2.75, 3.05) is 0 Å². The van der Waals surface area contributed by atoms with E-state index in [4.69, 9.17) is 4.74 Å². The van der Waals surface area contributed by atoms with E-state index in [2.05, 4.69) is 26.5 Å². The Morgan fingerprint density at radius 2 is 1.96 bits per heavy atom. The second-order valence-electron chi connectivity index (χ2n) is 5.05. The zero-order chi connectivity index (χ0) is 18.4. The third kappa shape index (κ3) is 5.60. The van der Waals surface area contributed by atoms with E-state index >= 15 is 0 Å². The summed E-state index contributed by atoms with van der Waals surface area (Å²) < 4.78 is 44.1. The fourth-order valence-electron chi connectivity index (χ4n) is 1.84. The van der Waals surface area contributed by atoms with Crippen molar-refractivity contribution in [3.63, 3.8) is 0 Å². The first-order valence-electron chi connectivity index (χ1n) is 7.19. The summed E-state index contributed by atoms with van der Waals surface area (Å²) in [5, 5.41) is 3.67. The number of carbonyl (C=O) groups excluding carboxylic acids is 1. The quantitative estimate of drug-likeness (QED) is 0.582. The predicted molar refractivity (Wildman–Crippen MR) is 91.4 cm³/mol. The van der Waals surface area contributed by atoms with Crippen LogP contribution in [-0.2, 0) is 11.0 Å². The van der Waals surface area contributed by atoms with Crippen LogP contribution in [0.15, 0.2) is 58.1 Å². The highest BCUT2D eigenvalue weighted by molar-refractivity contribution is 9.10. The molecule has 0 unspecified atom stereocenters. The lowest BCUT2D eigenvalue weighted by Gasteiger charge is -2.13. The zero-order valence-corrected chi connectivity index (χ0v) is 14.6. The van der Waals surface area contributed by atoms with E-state index in [-0.39, 0.29) is 5.56 Å². The molecule has 2 rings (SSSR count). The average Bonchev–Trinajstić information content (AvgIpc) is 2.56. The molecule has 0 heterocycles. The van der Waals surface area contributed by atoms with E-state index in [9.17, 15) is 18.0 Å². The molecule has 1 atom stereocenters. The minimum absolute atomic E-state index is 0.217. The minimum Gasteiger partial charge on any atom is -0.480 e. The van der Waals surface area contributed by atoms with Gasteiger partial charge in [-0.2, -0.15) is 18.3 Å². The maximum absolute atomic E-state index is 12.6. The monoisotopic (exact) mass is 414 g/mol. The normalized spacial score (nSPS) is 12.8. The molecular weight excluding hydrogens is 401 g/mol. The molecule has 0 aromatic heterocycles. The number of rotatable bonds is 5. The molecule has 1 N–H and O–H groups in total. The highest BCUT2D eigenvalue weighted by atomic mass is 79.9. The molecule has 0 saturated carbocycles. The molecule has 8 heteroatoms. The lowest BCUT2D eigenvalue weighted by molar-refractivity contribution is -0.137. The molecule has 0 spiro atoms. The number of nitrogens with zero attached hydrogens (tertiary/aromatic N) is 1. The molecule has 0 aliphatic rings.